The van der Waals surface area contributed by atoms with Gasteiger partial charge in [-0.05, 0) is 43.5 Å². The van der Waals surface area contributed by atoms with Crippen molar-refractivity contribution in [2.75, 3.05) is 37.5 Å². The van der Waals surface area contributed by atoms with Crippen LogP contribution in [0.4, 0.5) is 5.82 Å². The highest BCUT2D eigenvalue weighted by atomic mass is 32.2. The summed E-state index contributed by atoms with van der Waals surface area (Å²) in [5.41, 5.74) is 1.68. The van der Waals surface area contributed by atoms with Gasteiger partial charge >= 0.3 is 0 Å². The molecule has 1 aliphatic heterocycles. The Kier molecular flexibility index (Phi) is 6.00. The summed E-state index contributed by atoms with van der Waals surface area (Å²) in [4.78, 5) is 7.22. The molecule has 0 spiro atoms. The molecule has 2 aliphatic rings. The van der Waals surface area contributed by atoms with E-state index < -0.39 is 22.7 Å². The number of ether oxygens (including phenoxy) is 2. The molecule has 31 heavy (non-hydrogen) atoms. The van der Waals surface area contributed by atoms with Gasteiger partial charge in [0.1, 0.15) is 18.2 Å². The zero-order valence-electron chi connectivity index (χ0n) is 19.3. The molecule has 1 aliphatic carbocycles. The Balaban J connectivity index is 1.73. The highest BCUT2D eigenvalue weighted by molar-refractivity contribution is 7.92. The lowest BCUT2D eigenvalue weighted by molar-refractivity contribution is 0.0898. The predicted molar refractivity (Wildman–Crippen MR) is 127 cm³/mol. The molecule has 0 radical (unpaired) electrons. The van der Waals surface area contributed by atoms with Gasteiger partial charge in [0.05, 0.1) is 24.0 Å². The molecule has 0 bridgehead atoms. The van der Waals surface area contributed by atoms with Crippen molar-refractivity contribution in [3.63, 3.8) is 0 Å². The number of anilines is 1. The van der Waals surface area contributed by atoms with E-state index in [0.717, 1.165) is 41.6 Å². The molecular formula is C22H35N3O4SSi. The molecule has 2 aromatic rings. The number of hydrogen-bond acceptors (Lipinski definition) is 6. The Hall–Kier alpha value is -1.42. The third-order valence-electron chi connectivity index (χ3n) is 6.51. The van der Waals surface area contributed by atoms with E-state index in [2.05, 4.69) is 31.5 Å². The van der Waals surface area contributed by atoms with Gasteiger partial charge in [-0.3, -0.25) is 0 Å². The third kappa shape index (κ3) is 4.55. The maximum atomic E-state index is 12.7. The highest BCUT2D eigenvalue weighted by Gasteiger charge is 2.54. The van der Waals surface area contributed by atoms with Crippen molar-refractivity contribution in [2.45, 2.75) is 63.0 Å². The van der Waals surface area contributed by atoms with Gasteiger partial charge in [0, 0.05) is 39.1 Å². The van der Waals surface area contributed by atoms with Crippen LogP contribution >= 0.6 is 0 Å². The van der Waals surface area contributed by atoms with Crippen molar-refractivity contribution >= 4 is 34.8 Å². The van der Waals surface area contributed by atoms with E-state index in [1.54, 1.807) is 0 Å². The van der Waals surface area contributed by atoms with Crippen molar-refractivity contribution in [3.05, 3.63) is 23.9 Å². The average Bonchev–Trinajstić information content (AvgIpc) is 3.40. The van der Waals surface area contributed by atoms with Crippen LogP contribution < -0.4 is 4.90 Å². The standard InChI is InChI=1S/C22H35N3O4SSi/c1-17-15-28-11-10-25(17)20-14-19(22(7-8-22)30(2,26)27)18-6-9-24(21(18)23-20)16-29-12-13-31(3,4)5/h6,9,14,17H,7-8,10-13,15-16H2,1-5H3. The van der Waals surface area contributed by atoms with E-state index in [1.165, 1.54) is 6.26 Å². The van der Waals surface area contributed by atoms with Crippen molar-refractivity contribution in [3.8, 4) is 0 Å². The lowest BCUT2D eigenvalue weighted by Crippen LogP contribution is -2.44. The van der Waals surface area contributed by atoms with Crippen LogP contribution in [0.3, 0.4) is 0 Å². The van der Waals surface area contributed by atoms with Crippen LogP contribution in [-0.4, -0.2) is 64.7 Å². The van der Waals surface area contributed by atoms with Gasteiger partial charge in [0.2, 0.25) is 0 Å². The van der Waals surface area contributed by atoms with E-state index in [1.807, 2.05) is 22.9 Å². The van der Waals surface area contributed by atoms with Gasteiger partial charge in [-0.25, -0.2) is 13.4 Å². The summed E-state index contributed by atoms with van der Waals surface area (Å²) >= 11 is 0. The number of hydrogen-bond donors (Lipinski definition) is 0. The number of pyridine rings is 1. The number of aromatic nitrogens is 2. The van der Waals surface area contributed by atoms with E-state index in [-0.39, 0.29) is 6.04 Å². The quantitative estimate of drug-likeness (QED) is 0.438. The summed E-state index contributed by atoms with van der Waals surface area (Å²) in [6.07, 6.45) is 4.67. The maximum Gasteiger partial charge on any atom is 0.157 e. The molecule has 0 amide bonds. The molecule has 1 atom stereocenters. The Morgan fingerprint density at radius 3 is 2.68 bits per heavy atom. The van der Waals surface area contributed by atoms with Gasteiger partial charge in [-0.1, -0.05) is 19.6 Å². The van der Waals surface area contributed by atoms with E-state index in [9.17, 15) is 8.42 Å². The number of nitrogens with zero attached hydrogens (tertiary/aromatic N) is 3. The number of fused-ring (bicyclic) bond motifs is 1. The van der Waals surface area contributed by atoms with Crippen LogP contribution in [0.5, 0.6) is 0 Å². The van der Waals surface area contributed by atoms with Gasteiger partial charge in [0.25, 0.3) is 0 Å². The molecule has 2 fully saturated rings. The summed E-state index contributed by atoms with van der Waals surface area (Å²) in [7, 11) is -4.39. The lowest BCUT2D eigenvalue weighted by Gasteiger charge is -2.35. The third-order valence-corrected chi connectivity index (χ3v) is 10.3. The summed E-state index contributed by atoms with van der Waals surface area (Å²) in [5, 5.41) is 0.918. The molecule has 3 heterocycles. The first-order valence-corrected chi connectivity index (χ1v) is 16.7. The minimum atomic E-state index is -3.23. The van der Waals surface area contributed by atoms with E-state index in [0.29, 0.717) is 32.8 Å². The van der Waals surface area contributed by atoms with Crippen LogP contribution in [0, 0.1) is 0 Å². The zero-order valence-corrected chi connectivity index (χ0v) is 21.2. The van der Waals surface area contributed by atoms with E-state index in [4.69, 9.17) is 14.5 Å². The Morgan fingerprint density at radius 2 is 2.06 bits per heavy atom. The molecule has 7 nitrogen and oxygen atoms in total. The predicted octanol–water partition coefficient (Wildman–Crippen LogP) is 3.61. The van der Waals surface area contributed by atoms with Crippen LogP contribution in [-0.2, 0) is 30.8 Å². The van der Waals surface area contributed by atoms with Crippen LogP contribution in [0.1, 0.15) is 25.3 Å². The fourth-order valence-corrected chi connectivity index (χ4v) is 6.51. The average molecular weight is 466 g/mol. The van der Waals surface area contributed by atoms with Gasteiger partial charge in [0.15, 0.2) is 9.84 Å². The monoisotopic (exact) mass is 465 g/mol. The second-order valence-corrected chi connectivity index (χ2v) is 18.2. The fourth-order valence-electron chi connectivity index (χ4n) is 4.34. The first-order valence-electron chi connectivity index (χ1n) is 11.1. The Labute approximate surface area is 186 Å². The smallest absolute Gasteiger partial charge is 0.157 e. The maximum absolute atomic E-state index is 12.7. The molecule has 2 aromatic heterocycles. The Morgan fingerprint density at radius 1 is 1.32 bits per heavy atom. The van der Waals surface area contributed by atoms with Gasteiger partial charge in [-0.15, -0.1) is 0 Å². The number of morpholine rings is 1. The number of sulfone groups is 1. The Bertz CT molecular complexity index is 1060. The largest absolute Gasteiger partial charge is 0.377 e. The molecule has 0 N–H and O–H groups in total. The van der Waals surface area contributed by atoms with Crippen LogP contribution in [0.15, 0.2) is 18.3 Å². The summed E-state index contributed by atoms with van der Waals surface area (Å²) in [6.45, 7) is 12.3. The number of rotatable bonds is 8. The topological polar surface area (TPSA) is 73.7 Å². The highest BCUT2D eigenvalue weighted by Crippen LogP contribution is 2.54. The molecule has 1 saturated heterocycles. The van der Waals surface area contributed by atoms with Crippen molar-refractivity contribution in [1.82, 2.24) is 9.55 Å². The SMILES string of the molecule is CC1COCCN1c1cc(C2(S(C)(=O)=O)CC2)c2ccn(COCC[Si](C)(C)C)c2n1. The molecule has 1 saturated carbocycles. The first kappa shape index (κ1) is 22.8. The van der Waals surface area contributed by atoms with E-state index >= 15 is 0 Å². The second-order valence-electron chi connectivity index (χ2n) is 10.3. The molecule has 0 aromatic carbocycles. The first-order chi connectivity index (χ1) is 14.5. The molecule has 9 heteroatoms. The van der Waals surface area contributed by atoms with Gasteiger partial charge in [-0.2, -0.15) is 0 Å². The fraction of sp³-hybridized carbons (Fsp3) is 0.682. The molecule has 1 unspecified atom stereocenters. The lowest BCUT2D eigenvalue weighted by atomic mass is 10.1. The van der Waals surface area contributed by atoms with Crippen molar-refractivity contribution in [2.24, 2.45) is 0 Å². The molecule has 4 rings (SSSR count). The molecule has 172 valence electrons. The van der Waals surface area contributed by atoms with Crippen LogP contribution in [0.25, 0.3) is 11.0 Å². The zero-order chi connectivity index (χ0) is 22.4. The summed E-state index contributed by atoms with van der Waals surface area (Å²) in [6, 6.07) is 5.31. The van der Waals surface area contributed by atoms with Gasteiger partial charge < -0.3 is 18.9 Å². The minimum absolute atomic E-state index is 0.191. The van der Waals surface area contributed by atoms with Crippen molar-refractivity contribution in [1.29, 1.82) is 0 Å². The molecular weight excluding hydrogens is 430 g/mol. The summed E-state index contributed by atoms with van der Waals surface area (Å²) in [5.74, 6) is 0.829. The normalized spacial score (nSPS) is 21.6. The van der Waals surface area contributed by atoms with Crippen LogP contribution in [0.2, 0.25) is 25.7 Å². The second kappa shape index (κ2) is 8.17. The summed E-state index contributed by atoms with van der Waals surface area (Å²) < 4.78 is 38.3. The minimum Gasteiger partial charge on any atom is -0.377 e. The van der Waals surface area contributed by atoms with Crippen molar-refractivity contribution < 1.29 is 17.9 Å².